The molecule has 2 atom stereocenters. The SMILES string of the molecule is CC1CCC(CN)(C(=O)N2CCC3CCCCC32)CC1. The number of carbonyl (C=O) groups excluding carboxylic acids is 1. The Hall–Kier alpha value is -0.570. The molecule has 1 heterocycles. The van der Waals surface area contributed by atoms with Gasteiger partial charge < -0.3 is 10.6 Å². The predicted octanol–water partition coefficient (Wildman–Crippen LogP) is 2.93. The highest BCUT2D eigenvalue weighted by Crippen LogP contribution is 2.43. The minimum absolute atomic E-state index is 0.223. The smallest absolute Gasteiger partial charge is 0.230 e. The van der Waals surface area contributed by atoms with Gasteiger partial charge in [0.2, 0.25) is 5.91 Å². The number of nitrogens with zero attached hydrogens (tertiary/aromatic N) is 1. The van der Waals surface area contributed by atoms with Crippen LogP contribution in [0.2, 0.25) is 0 Å². The molecule has 0 aromatic heterocycles. The van der Waals surface area contributed by atoms with Crippen molar-refractivity contribution in [3.63, 3.8) is 0 Å². The fraction of sp³-hybridized carbons (Fsp3) is 0.941. The van der Waals surface area contributed by atoms with Crippen molar-refractivity contribution in [3.05, 3.63) is 0 Å². The summed E-state index contributed by atoms with van der Waals surface area (Å²) in [4.78, 5) is 15.4. The number of rotatable bonds is 2. The van der Waals surface area contributed by atoms with Crippen LogP contribution >= 0.6 is 0 Å². The maximum atomic E-state index is 13.2. The van der Waals surface area contributed by atoms with Gasteiger partial charge in [-0.25, -0.2) is 0 Å². The van der Waals surface area contributed by atoms with Gasteiger partial charge in [0.25, 0.3) is 0 Å². The number of nitrogens with two attached hydrogens (primary N) is 1. The van der Waals surface area contributed by atoms with E-state index in [4.69, 9.17) is 5.73 Å². The zero-order chi connectivity index (χ0) is 14.2. The van der Waals surface area contributed by atoms with Crippen molar-refractivity contribution in [1.82, 2.24) is 4.90 Å². The third-order valence-corrected chi connectivity index (χ3v) is 6.35. The van der Waals surface area contributed by atoms with Gasteiger partial charge >= 0.3 is 0 Å². The van der Waals surface area contributed by atoms with Gasteiger partial charge in [-0.05, 0) is 56.8 Å². The lowest BCUT2D eigenvalue weighted by Gasteiger charge is -2.42. The van der Waals surface area contributed by atoms with E-state index < -0.39 is 0 Å². The Labute approximate surface area is 123 Å². The summed E-state index contributed by atoms with van der Waals surface area (Å²) >= 11 is 0. The highest BCUT2D eigenvalue weighted by Gasteiger charge is 2.47. The first-order valence-corrected chi connectivity index (χ1v) is 8.67. The van der Waals surface area contributed by atoms with Gasteiger partial charge in [-0.15, -0.1) is 0 Å². The molecule has 0 aromatic carbocycles. The maximum Gasteiger partial charge on any atom is 0.230 e. The van der Waals surface area contributed by atoms with Gasteiger partial charge in [0.1, 0.15) is 0 Å². The molecule has 1 aliphatic heterocycles. The van der Waals surface area contributed by atoms with E-state index in [0.29, 0.717) is 18.5 Å². The van der Waals surface area contributed by atoms with Crippen LogP contribution in [0.4, 0.5) is 0 Å². The van der Waals surface area contributed by atoms with Gasteiger partial charge in [-0.1, -0.05) is 19.8 Å². The van der Waals surface area contributed by atoms with Crippen LogP contribution in [-0.2, 0) is 4.79 Å². The fourth-order valence-electron chi connectivity index (χ4n) is 4.78. The quantitative estimate of drug-likeness (QED) is 0.844. The molecule has 2 N–H and O–H groups in total. The van der Waals surface area contributed by atoms with Crippen molar-refractivity contribution in [2.24, 2.45) is 23.0 Å². The molecule has 2 unspecified atom stereocenters. The van der Waals surface area contributed by atoms with Crippen LogP contribution in [0.25, 0.3) is 0 Å². The Kier molecular flexibility index (Phi) is 4.07. The number of carbonyl (C=O) groups is 1. The molecule has 0 spiro atoms. The second kappa shape index (κ2) is 5.67. The van der Waals surface area contributed by atoms with Gasteiger partial charge in [0.05, 0.1) is 5.41 Å². The van der Waals surface area contributed by atoms with E-state index in [1.54, 1.807) is 0 Å². The third-order valence-electron chi connectivity index (χ3n) is 6.35. The highest BCUT2D eigenvalue weighted by molar-refractivity contribution is 5.83. The first kappa shape index (κ1) is 14.4. The van der Waals surface area contributed by atoms with E-state index in [1.165, 1.54) is 44.9 Å². The lowest BCUT2D eigenvalue weighted by Crippen LogP contribution is -2.52. The van der Waals surface area contributed by atoms with E-state index in [-0.39, 0.29) is 5.41 Å². The summed E-state index contributed by atoms with van der Waals surface area (Å²) in [6, 6.07) is 0.541. The molecule has 0 bridgehead atoms. The third kappa shape index (κ3) is 2.38. The summed E-state index contributed by atoms with van der Waals surface area (Å²) in [5.74, 6) is 1.95. The van der Waals surface area contributed by atoms with Crippen LogP contribution in [0.15, 0.2) is 0 Å². The molecule has 3 fully saturated rings. The topological polar surface area (TPSA) is 46.3 Å². The molecule has 3 nitrogen and oxygen atoms in total. The van der Waals surface area contributed by atoms with Crippen molar-refractivity contribution in [1.29, 1.82) is 0 Å². The van der Waals surface area contributed by atoms with E-state index in [0.717, 1.165) is 31.2 Å². The second-order valence-corrected chi connectivity index (χ2v) is 7.57. The predicted molar refractivity (Wildman–Crippen MR) is 81.2 cm³/mol. The molecule has 20 heavy (non-hydrogen) atoms. The highest BCUT2D eigenvalue weighted by atomic mass is 16.2. The lowest BCUT2D eigenvalue weighted by atomic mass is 9.69. The summed E-state index contributed by atoms with van der Waals surface area (Å²) in [5.41, 5.74) is 5.85. The Morgan fingerprint density at radius 2 is 1.85 bits per heavy atom. The van der Waals surface area contributed by atoms with E-state index >= 15 is 0 Å². The van der Waals surface area contributed by atoms with E-state index in [1.807, 2.05) is 0 Å². The summed E-state index contributed by atoms with van der Waals surface area (Å²) < 4.78 is 0. The van der Waals surface area contributed by atoms with E-state index in [9.17, 15) is 4.79 Å². The van der Waals surface area contributed by atoms with Crippen molar-refractivity contribution in [3.8, 4) is 0 Å². The molecule has 1 amide bonds. The average Bonchev–Trinajstić information content (AvgIpc) is 2.91. The number of fused-ring (bicyclic) bond motifs is 1. The van der Waals surface area contributed by atoms with Crippen LogP contribution in [0.5, 0.6) is 0 Å². The van der Waals surface area contributed by atoms with Crippen molar-refractivity contribution in [2.45, 2.75) is 70.8 Å². The Morgan fingerprint density at radius 1 is 1.15 bits per heavy atom. The molecule has 3 aliphatic rings. The number of hydrogen-bond donors (Lipinski definition) is 1. The molecule has 0 radical (unpaired) electrons. The van der Waals surface area contributed by atoms with Gasteiger partial charge in [-0.3, -0.25) is 4.79 Å². The van der Waals surface area contributed by atoms with Crippen LogP contribution < -0.4 is 5.73 Å². The standard InChI is InChI=1S/C17H30N2O/c1-13-6-9-17(12-18,10-7-13)16(20)19-11-8-14-4-2-3-5-15(14)19/h13-15H,2-12,18H2,1H3. The van der Waals surface area contributed by atoms with Crippen LogP contribution in [0.3, 0.4) is 0 Å². The van der Waals surface area contributed by atoms with Crippen molar-refractivity contribution in [2.75, 3.05) is 13.1 Å². The molecule has 3 rings (SSSR count). The van der Waals surface area contributed by atoms with Crippen molar-refractivity contribution >= 4 is 5.91 Å². The normalized spacial score (nSPS) is 41.5. The monoisotopic (exact) mass is 278 g/mol. The zero-order valence-electron chi connectivity index (χ0n) is 12.9. The number of amides is 1. The maximum absolute atomic E-state index is 13.2. The minimum Gasteiger partial charge on any atom is -0.339 e. The van der Waals surface area contributed by atoms with Gasteiger partial charge in [0.15, 0.2) is 0 Å². The molecule has 2 saturated carbocycles. The second-order valence-electron chi connectivity index (χ2n) is 7.57. The Bertz CT molecular complexity index is 360. The van der Waals surface area contributed by atoms with Crippen LogP contribution in [0, 0.1) is 17.3 Å². The lowest BCUT2D eigenvalue weighted by molar-refractivity contribution is -0.145. The summed E-state index contributed by atoms with van der Waals surface area (Å²) in [6.07, 6.45) is 10.8. The molecular formula is C17H30N2O. The van der Waals surface area contributed by atoms with E-state index in [2.05, 4.69) is 11.8 Å². The number of hydrogen-bond acceptors (Lipinski definition) is 2. The summed E-state index contributed by atoms with van der Waals surface area (Å²) in [7, 11) is 0. The van der Waals surface area contributed by atoms with Gasteiger partial charge in [0, 0.05) is 19.1 Å². The largest absolute Gasteiger partial charge is 0.339 e. The molecule has 3 heteroatoms. The van der Waals surface area contributed by atoms with Crippen LogP contribution in [-0.4, -0.2) is 29.9 Å². The molecule has 0 aromatic rings. The fourth-order valence-corrected chi connectivity index (χ4v) is 4.78. The van der Waals surface area contributed by atoms with Crippen LogP contribution in [0.1, 0.15) is 64.7 Å². The zero-order valence-corrected chi connectivity index (χ0v) is 12.9. The first-order valence-electron chi connectivity index (χ1n) is 8.67. The molecule has 2 aliphatic carbocycles. The Balaban J connectivity index is 1.73. The molecule has 114 valence electrons. The minimum atomic E-state index is -0.223. The average molecular weight is 278 g/mol. The molecule has 1 saturated heterocycles. The van der Waals surface area contributed by atoms with Gasteiger partial charge in [-0.2, -0.15) is 0 Å². The number of likely N-dealkylation sites (tertiary alicyclic amines) is 1. The first-order chi connectivity index (χ1) is 9.66. The molecular weight excluding hydrogens is 248 g/mol. The summed E-state index contributed by atoms with van der Waals surface area (Å²) in [5, 5.41) is 0. The van der Waals surface area contributed by atoms with Crippen molar-refractivity contribution < 1.29 is 4.79 Å². The Morgan fingerprint density at radius 3 is 2.55 bits per heavy atom. The summed E-state index contributed by atoms with van der Waals surface area (Å²) in [6.45, 7) is 3.84.